The molecule has 0 unspecified atom stereocenters. The molecule has 8 heteroatoms. The van der Waals surface area contributed by atoms with Crippen LogP contribution in [0.15, 0.2) is 24.3 Å². The van der Waals surface area contributed by atoms with Crippen molar-refractivity contribution in [2.75, 3.05) is 35.6 Å². The molecule has 20 heavy (non-hydrogen) atoms. The van der Waals surface area contributed by atoms with Crippen molar-refractivity contribution >= 4 is 46.8 Å². The monoisotopic (exact) mass is 320 g/mol. The molecule has 6 nitrogen and oxygen atoms in total. The number of halogens is 2. The van der Waals surface area contributed by atoms with Gasteiger partial charge in [-0.3, -0.25) is 10.6 Å². The topological polar surface area (TPSA) is 76.7 Å². The maximum atomic E-state index is 11.3. The molecule has 0 radical (unpaired) electrons. The van der Waals surface area contributed by atoms with Gasteiger partial charge in [0, 0.05) is 11.4 Å². The van der Waals surface area contributed by atoms with Crippen LogP contribution in [0.25, 0.3) is 0 Å². The van der Waals surface area contributed by atoms with E-state index in [1.807, 2.05) is 0 Å². The zero-order valence-corrected chi connectivity index (χ0v) is 12.0. The van der Waals surface area contributed by atoms with Crippen molar-refractivity contribution in [1.29, 1.82) is 0 Å². The third-order valence-corrected chi connectivity index (χ3v) is 2.31. The standard InChI is InChI=1S/C12H14Cl2N2O4/c13-5-7-19-11(17)15-9-1-2-10(4-3-9)16-12(18)20-8-6-14/h1-4H,5-8H2,(H,15,17)(H,16,18). The Morgan fingerprint density at radius 1 is 0.850 bits per heavy atom. The Balaban J connectivity index is 2.43. The van der Waals surface area contributed by atoms with E-state index >= 15 is 0 Å². The summed E-state index contributed by atoms with van der Waals surface area (Å²) >= 11 is 10.8. The highest BCUT2D eigenvalue weighted by atomic mass is 35.5. The zero-order chi connectivity index (χ0) is 14.8. The molecule has 0 saturated carbocycles. The molecule has 0 aliphatic heterocycles. The van der Waals surface area contributed by atoms with Gasteiger partial charge in [0.1, 0.15) is 13.2 Å². The predicted molar refractivity (Wildman–Crippen MR) is 77.8 cm³/mol. The summed E-state index contributed by atoms with van der Waals surface area (Å²) in [5, 5.41) is 5.02. The van der Waals surface area contributed by atoms with E-state index in [1.165, 1.54) is 0 Å². The van der Waals surface area contributed by atoms with E-state index in [0.717, 1.165) is 0 Å². The van der Waals surface area contributed by atoms with Gasteiger partial charge in [0.15, 0.2) is 0 Å². The second kappa shape index (κ2) is 9.28. The van der Waals surface area contributed by atoms with Gasteiger partial charge >= 0.3 is 12.2 Å². The highest BCUT2D eigenvalue weighted by molar-refractivity contribution is 6.18. The smallest absolute Gasteiger partial charge is 0.411 e. The molecule has 0 bridgehead atoms. The van der Waals surface area contributed by atoms with Gasteiger partial charge in [0.05, 0.1) is 11.8 Å². The highest BCUT2D eigenvalue weighted by Crippen LogP contribution is 2.14. The number of hydrogen-bond donors (Lipinski definition) is 2. The molecule has 110 valence electrons. The lowest BCUT2D eigenvalue weighted by Gasteiger charge is -2.08. The SMILES string of the molecule is O=C(Nc1ccc(NC(=O)OCCCl)cc1)OCCCl. The molecule has 0 atom stereocenters. The van der Waals surface area contributed by atoms with Crippen molar-refractivity contribution in [2.45, 2.75) is 0 Å². The number of carbonyl (C=O) groups excluding carboxylic acids is 2. The van der Waals surface area contributed by atoms with E-state index in [4.69, 9.17) is 32.7 Å². The lowest BCUT2D eigenvalue weighted by atomic mass is 10.3. The lowest BCUT2D eigenvalue weighted by Crippen LogP contribution is -2.16. The van der Waals surface area contributed by atoms with Gasteiger partial charge in [-0.15, -0.1) is 23.2 Å². The Morgan fingerprint density at radius 3 is 1.50 bits per heavy atom. The lowest BCUT2D eigenvalue weighted by molar-refractivity contribution is 0.167. The molecule has 0 aliphatic rings. The van der Waals surface area contributed by atoms with E-state index < -0.39 is 12.2 Å². The maximum Gasteiger partial charge on any atom is 0.411 e. The van der Waals surface area contributed by atoms with E-state index in [9.17, 15) is 9.59 Å². The van der Waals surface area contributed by atoms with Crippen LogP contribution in [0.2, 0.25) is 0 Å². The number of rotatable bonds is 6. The summed E-state index contributed by atoms with van der Waals surface area (Å²) in [5.74, 6) is 0.474. The number of carbonyl (C=O) groups is 2. The van der Waals surface area contributed by atoms with Crippen LogP contribution in [0.4, 0.5) is 21.0 Å². The summed E-state index contributed by atoms with van der Waals surface area (Å²) in [6.45, 7) is 0.277. The second-order valence-electron chi connectivity index (χ2n) is 3.48. The largest absolute Gasteiger partial charge is 0.448 e. The van der Waals surface area contributed by atoms with Crippen LogP contribution in [0.5, 0.6) is 0 Å². The molecule has 0 aliphatic carbocycles. The van der Waals surface area contributed by atoms with Crippen LogP contribution in [0.1, 0.15) is 0 Å². The van der Waals surface area contributed by atoms with Crippen molar-refractivity contribution in [3.63, 3.8) is 0 Å². The normalized spacial score (nSPS) is 9.70. The van der Waals surface area contributed by atoms with E-state index in [2.05, 4.69) is 10.6 Å². The second-order valence-corrected chi connectivity index (χ2v) is 4.23. The first-order valence-corrected chi connectivity index (χ1v) is 6.82. The van der Waals surface area contributed by atoms with Gasteiger partial charge in [-0.2, -0.15) is 0 Å². The molecule has 0 aromatic heterocycles. The molecular formula is C12H14Cl2N2O4. The highest BCUT2D eigenvalue weighted by Gasteiger charge is 2.05. The Labute approximate surface area is 126 Å². The van der Waals surface area contributed by atoms with E-state index in [0.29, 0.717) is 11.4 Å². The van der Waals surface area contributed by atoms with Crippen molar-refractivity contribution in [3.8, 4) is 0 Å². The fourth-order valence-corrected chi connectivity index (χ4v) is 1.36. The Bertz CT molecular complexity index is 399. The maximum absolute atomic E-state index is 11.3. The number of alkyl halides is 2. The summed E-state index contributed by atoms with van der Waals surface area (Å²) in [6.07, 6.45) is -1.18. The van der Waals surface area contributed by atoms with Crippen molar-refractivity contribution in [1.82, 2.24) is 0 Å². The Hall–Kier alpha value is -1.66. The van der Waals surface area contributed by atoms with Gasteiger partial charge < -0.3 is 9.47 Å². The van der Waals surface area contributed by atoms with Crippen LogP contribution in [0, 0.1) is 0 Å². The summed E-state index contributed by atoms with van der Waals surface area (Å²) in [7, 11) is 0. The summed E-state index contributed by atoms with van der Waals surface area (Å²) in [5.41, 5.74) is 1.06. The summed E-state index contributed by atoms with van der Waals surface area (Å²) in [6, 6.07) is 6.44. The molecule has 1 aromatic carbocycles. The molecule has 2 amide bonds. The minimum atomic E-state index is -0.590. The quantitative estimate of drug-likeness (QED) is 0.789. The number of anilines is 2. The molecular weight excluding hydrogens is 307 g/mol. The molecule has 0 fully saturated rings. The minimum absolute atomic E-state index is 0.138. The number of ether oxygens (including phenoxy) is 2. The van der Waals surface area contributed by atoms with Gasteiger partial charge in [0.25, 0.3) is 0 Å². The van der Waals surface area contributed by atoms with E-state index in [-0.39, 0.29) is 25.0 Å². The van der Waals surface area contributed by atoms with Gasteiger partial charge in [-0.25, -0.2) is 9.59 Å². The Morgan fingerprint density at radius 2 is 1.20 bits per heavy atom. The predicted octanol–water partition coefficient (Wildman–Crippen LogP) is 3.26. The van der Waals surface area contributed by atoms with Gasteiger partial charge in [0.2, 0.25) is 0 Å². The number of benzene rings is 1. The fraction of sp³-hybridized carbons (Fsp3) is 0.333. The van der Waals surface area contributed by atoms with Crippen LogP contribution >= 0.6 is 23.2 Å². The molecule has 0 spiro atoms. The van der Waals surface area contributed by atoms with Crippen LogP contribution in [-0.2, 0) is 9.47 Å². The Kier molecular flexibility index (Phi) is 7.60. The van der Waals surface area contributed by atoms with Crippen molar-refractivity contribution in [3.05, 3.63) is 24.3 Å². The molecule has 1 rings (SSSR count). The number of amides is 2. The van der Waals surface area contributed by atoms with Gasteiger partial charge in [-0.1, -0.05) is 0 Å². The third kappa shape index (κ3) is 6.49. The first-order chi connectivity index (χ1) is 9.65. The summed E-state index contributed by atoms with van der Waals surface area (Å²) in [4.78, 5) is 22.5. The van der Waals surface area contributed by atoms with Gasteiger partial charge in [-0.05, 0) is 24.3 Å². The summed E-state index contributed by atoms with van der Waals surface area (Å²) < 4.78 is 9.50. The minimum Gasteiger partial charge on any atom is -0.448 e. The first-order valence-electron chi connectivity index (χ1n) is 5.75. The molecule has 2 N–H and O–H groups in total. The number of nitrogens with one attached hydrogen (secondary N) is 2. The van der Waals surface area contributed by atoms with Crippen LogP contribution in [0.3, 0.4) is 0 Å². The third-order valence-electron chi connectivity index (χ3n) is 2.00. The van der Waals surface area contributed by atoms with E-state index in [1.54, 1.807) is 24.3 Å². The fourth-order valence-electron chi connectivity index (χ4n) is 1.21. The molecule has 1 aromatic rings. The van der Waals surface area contributed by atoms with Crippen LogP contribution < -0.4 is 10.6 Å². The van der Waals surface area contributed by atoms with Crippen molar-refractivity contribution in [2.24, 2.45) is 0 Å². The van der Waals surface area contributed by atoms with Crippen molar-refractivity contribution < 1.29 is 19.1 Å². The zero-order valence-electron chi connectivity index (χ0n) is 10.5. The van der Waals surface area contributed by atoms with Crippen LogP contribution in [-0.4, -0.2) is 37.2 Å². The molecule has 0 heterocycles. The first kappa shape index (κ1) is 16.4. The average molecular weight is 321 g/mol. The number of hydrogen-bond acceptors (Lipinski definition) is 4. The average Bonchev–Trinajstić information content (AvgIpc) is 2.45. The molecule has 0 saturated heterocycles.